The van der Waals surface area contributed by atoms with Crippen LogP contribution in [0, 0.1) is 5.92 Å². The molecule has 2 atom stereocenters. The number of nitrogens with one attached hydrogen (secondary N) is 1. The summed E-state index contributed by atoms with van der Waals surface area (Å²) in [6.45, 7) is 8.05. The number of hydrogen-bond donors (Lipinski definition) is 2. The first-order valence-electron chi connectivity index (χ1n) is 7.78. The Hall–Kier alpha value is -0.420. The number of carbonyl (C=O) groups excluding carboxylic acids is 1. The zero-order valence-electron chi connectivity index (χ0n) is 13.6. The fourth-order valence-corrected chi connectivity index (χ4v) is 3.10. The third-order valence-electron chi connectivity index (χ3n) is 3.04. The minimum Gasteiger partial charge on any atom is -0.464 e. The first-order valence-corrected chi connectivity index (χ1v) is 9.35. The van der Waals surface area contributed by atoms with Crippen LogP contribution in [0.1, 0.15) is 59.8 Å². The van der Waals surface area contributed by atoms with E-state index in [1.165, 1.54) is 6.92 Å². The van der Waals surface area contributed by atoms with Gasteiger partial charge in [-0.15, -0.1) is 0 Å². The van der Waals surface area contributed by atoms with Crippen molar-refractivity contribution in [2.45, 2.75) is 65.8 Å². The highest BCUT2D eigenvalue weighted by atomic mass is 31.2. The van der Waals surface area contributed by atoms with E-state index in [0.29, 0.717) is 18.9 Å². The van der Waals surface area contributed by atoms with Crippen molar-refractivity contribution in [3.63, 3.8) is 0 Å². The van der Waals surface area contributed by atoms with Crippen LogP contribution in [0.4, 0.5) is 0 Å². The Kier molecular flexibility index (Phi) is 11.0. The molecule has 0 aliphatic carbocycles. The molecule has 7 heteroatoms. The zero-order valence-corrected chi connectivity index (χ0v) is 14.5. The second-order valence-corrected chi connectivity index (χ2v) is 6.84. The summed E-state index contributed by atoms with van der Waals surface area (Å²) < 4.78 is 21.7. The number of carbonyl (C=O) groups is 1. The Labute approximate surface area is 128 Å². The van der Waals surface area contributed by atoms with Crippen molar-refractivity contribution in [2.75, 3.05) is 13.2 Å². The highest BCUT2D eigenvalue weighted by Crippen LogP contribution is 2.37. The second kappa shape index (κ2) is 11.2. The molecule has 0 amide bonds. The third-order valence-corrected chi connectivity index (χ3v) is 4.28. The first kappa shape index (κ1) is 20.6. The van der Waals surface area contributed by atoms with Gasteiger partial charge in [-0.2, -0.15) is 0 Å². The molecule has 1 unspecified atom stereocenters. The monoisotopic (exact) mass is 323 g/mol. The molecule has 0 aromatic carbocycles. The summed E-state index contributed by atoms with van der Waals surface area (Å²) in [7, 11) is -3.94. The van der Waals surface area contributed by atoms with Crippen LogP contribution in [0.2, 0.25) is 0 Å². The van der Waals surface area contributed by atoms with Crippen LogP contribution in [0.15, 0.2) is 0 Å². The highest BCUT2D eigenvalue weighted by Gasteiger charge is 2.26. The van der Waals surface area contributed by atoms with E-state index in [-0.39, 0.29) is 6.61 Å². The van der Waals surface area contributed by atoms with Gasteiger partial charge in [0, 0.05) is 0 Å². The Balaban J connectivity index is 4.22. The van der Waals surface area contributed by atoms with E-state index >= 15 is 0 Å². The van der Waals surface area contributed by atoms with Gasteiger partial charge < -0.3 is 9.63 Å². The lowest BCUT2D eigenvalue weighted by Crippen LogP contribution is -2.34. The van der Waals surface area contributed by atoms with E-state index in [1.54, 1.807) is 0 Å². The maximum absolute atomic E-state index is 11.8. The molecule has 6 nitrogen and oxygen atoms in total. The summed E-state index contributed by atoms with van der Waals surface area (Å²) in [5.74, 6) is -0.171. The molecule has 0 fully saturated rings. The van der Waals surface area contributed by atoms with Crippen molar-refractivity contribution < 1.29 is 23.5 Å². The van der Waals surface area contributed by atoms with Crippen LogP contribution in [-0.4, -0.2) is 30.1 Å². The molecule has 0 spiro atoms. The van der Waals surface area contributed by atoms with Crippen LogP contribution in [0.25, 0.3) is 0 Å². The fraction of sp³-hybridized carbons (Fsp3) is 0.929. The smallest absolute Gasteiger partial charge is 0.403 e. The lowest BCUT2D eigenvalue weighted by molar-refractivity contribution is -0.146. The van der Waals surface area contributed by atoms with Gasteiger partial charge in [0.15, 0.2) is 0 Å². The molecule has 0 aliphatic rings. The van der Waals surface area contributed by atoms with Crippen molar-refractivity contribution in [1.29, 1.82) is 0 Å². The van der Waals surface area contributed by atoms with E-state index in [0.717, 1.165) is 25.7 Å². The van der Waals surface area contributed by atoms with Crippen molar-refractivity contribution in [1.82, 2.24) is 5.09 Å². The summed E-state index contributed by atoms with van der Waals surface area (Å²) >= 11 is 0. The van der Waals surface area contributed by atoms with E-state index in [1.807, 2.05) is 6.92 Å². The molecular weight excluding hydrogens is 293 g/mol. The van der Waals surface area contributed by atoms with Crippen molar-refractivity contribution in [3.05, 3.63) is 0 Å². The maximum atomic E-state index is 11.8. The minimum atomic E-state index is -3.94. The predicted molar refractivity (Wildman–Crippen MR) is 82.9 cm³/mol. The van der Waals surface area contributed by atoms with Gasteiger partial charge in [0.2, 0.25) is 0 Å². The number of ether oxygens (including phenoxy) is 1. The zero-order chi connectivity index (χ0) is 16.3. The molecule has 0 saturated carbocycles. The molecule has 0 aromatic heterocycles. The summed E-state index contributed by atoms with van der Waals surface area (Å²) in [4.78, 5) is 21.4. The van der Waals surface area contributed by atoms with Crippen LogP contribution in [0.3, 0.4) is 0 Å². The Morgan fingerprint density at radius 1 is 1.19 bits per heavy atom. The van der Waals surface area contributed by atoms with E-state index < -0.39 is 19.8 Å². The van der Waals surface area contributed by atoms with Crippen LogP contribution in [-0.2, 0) is 18.6 Å². The van der Waals surface area contributed by atoms with Gasteiger partial charge >= 0.3 is 13.7 Å². The Morgan fingerprint density at radius 3 is 2.24 bits per heavy atom. The summed E-state index contributed by atoms with van der Waals surface area (Å²) in [6.07, 6.45) is 4.75. The van der Waals surface area contributed by atoms with Gasteiger partial charge in [0.05, 0.1) is 13.2 Å². The van der Waals surface area contributed by atoms with Gasteiger partial charge in [0.1, 0.15) is 6.04 Å². The number of esters is 1. The van der Waals surface area contributed by atoms with Gasteiger partial charge in [0.25, 0.3) is 0 Å². The summed E-state index contributed by atoms with van der Waals surface area (Å²) in [5.41, 5.74) is 0. The van der Waals surface area contributed by atoms with Crippen LogP contribution < -0.4 is 5.09 Å². The Bertz CT molecular complexity index is 331. The minimum absolute atomic E-state index is 0.164. The largest absolute Gasteiger partial charge is 0.464 e. The normalized spacial score (nSPS) is 15.7. The van der Waals surface area contributed by atoms with Gasteiger partial charge in [-0.3, -0.25) is 9.32 Å². The summed E-state index contributed by atoms with van der Waals surface area (Å²) in [5, 5.41) is 2.29. The van der Waals surface area contributed by atoms with E-state index in [4.69, 9.17) is 9.26 Å². The lowest BCUT2D eigenvalue weighted by Gasteiger charge is -2.20. The van der Waals surface area contributed by atoms with E-state index in [9.17, 15) is 14.3 Å². The Morgan fingerprint density at radius 2 is 1.76 bits per heavy atom. The van der Waals surface area contributed by atoms with Crippen LogP contribution >= 0.6 is 7.75 Å². The summed E-state index contributed by atoms with van der Waals surface area (Å²) in [6, 6.07) is -0.874. The fourth-order valence-electron chi connectivity index (χ4n) is 2.00. The molecule has 0 heterocycles. The second-order valence-electron chi connectivity index (χ2n) is 5.28. The average Bonchev–Trinajstić information content (AvgIpc) is 2.42. The predicted octanol–water partition coefficient (Wildman–Crippen LogP) is 3.25. The first-order chi connectivity index (χ1) is 9.86. The van der Waals surface area contributed by atoms with Gasteiger partial charge in [-0.05, 0) is 32.1 Å². The topological polar surface area (TPSA) is 84.9 Å². The van der Waals surface area contributed by atoms with Crippen molar-refractivity contribution >= 4 is 13.7 Å². The third kappa shape index (κ3) is 10.0. The molecule has 0 aromatic rings. The van der Waals surface area contributed by atoms with Crippen molar-refractivity contribution in [3.8, 4) is 0 Å². The number of rotatable bonds is 12. The van der Waals surface area contributed by atoms with E-state index in [2.05, 4.69) is 18.9 Å². The molecule has 0 saturated heterocycles. The standard InChI is InChI=1S/C14H30NO5P/c1-5-8-13(9-6-2)11-19-14(16)12(4)15-21(17,18)20-10-7-3/h12-13H,5-11H2,1-4H3,(H2,15,17,18)/t12-/m0/s1. The molecule has 0 rings (SSSR count). The lowest BCUT2D eigenvalue weighted by atomic mass is 9.99. The molecule has 21 heavy (non-hydrogen) atoms. The molecule has 0 bridgehead atoms. The quantitative estimate of drug-likeness (QED) is 0.423. The van der Waals surface area contributed by atoms with Gasteiger partial charge in [-0.1, -0.05) is 33.6 Å². The molecule has 0 radical (unpaired) electrons. The maximum Gasteiger partial charge on any atom is 0.403 e. The molecule has 2 N–H and O–H groups in total. The van der Waals surface area contributed by atoms with Crippen molar-refractivity contribution in [2.24, 2.45) is 5.92 Å². The molecular formula is C14H30NO5P. The number of hydrogen-bond acceptors (Lipinski definition) is 4. The SMILES string of the molecule is CCCOP(=O)(O)N[C@@H](C)C(=O)OCC(CCC)CCC. The highest BCUT2D eigenvalue weighted by molar-refractivity contribution is 7.50. The van der Waals surface area contributed by atoms with Crippen LogP contribution in [0.5, 0.6) is 0 Å². The van der Waals surface area contributed by atoms with Gasteiger partial charge in [-0.25, -0.2) is 9.65 Å². The average molecular weight is 323 g/mol. The molecule has 0 aliphatic heterocycles. The molecule has 126 valence electrons.